The third kappa shape index (κ3) is 3.31. The van der Waals surface area contributed by atoms with Gasteiger partial charge in [0.1, 0.15) is 6.04 Å². The number of likely N-dealkylation sites (tertiary alicyclic amines) is 1. The number of aliphatic carboxylic acids is 1. The molecular formula is C12H15BrN2O4S. The summed E-state index contributed by atoms with van der Waals surface area (Å²) < 4.78 is 0.957. The first-order valence-electron chi connectivity index (χ1n) is 6.04. The van der Waals surface area contributed by atoms with Crippen molar-refractivity contribution >= 4 is 39.3 Å². The van der Waals surface area contributed by atoms with Gasteiger partial charge in [-0.05, 0) is 22.0 Å². The van der Waals surface area contributed by atoms with Gasteiger partial charge in [0.15, 0.2) is 0 Å². The van der Waals surface area contributed by atoms with Gasteiger partial charge in [-0.3, -0.25) is 0 Å². The fourth-order valence-corrected chi connectivity index (χ4v) is 3.72. The Balaban J connectivity index is 2.04. The lowest BCUT2D eigenvalue weighted by molar-refractivity contribution is -0.141. The van der Waals surface area contributed by atoms with Gasteiger partial charge in [0.25, 0.3) is 0 Å². The summed E-state index contributed by atoms with van der Waals surface area (Å²) in [5.41, 5.74) is 0. The topological polar surface area (TPSA) is 81.1 Å². The quantitative estimate of drug-likeness (QED) is 0.855. The molecule has 1 aliphatic heterocycles. The van der Waals surface area contributed by atoms with Crippen molar-refractivity contribution in [2.45, 2.75) is 25.1 Å². The Morgan fingerprint density at radius 2 is 2.30 bits per heavy atom. The molecule has 0 unspecified atom stereocenters. The molecule has 20 heavy (non-hydrogen) atoms. The second-order valence-corrected chi connectivity index (χ2v) is 6.68. The summed E-state index contributed by atoms with van der Waals surface area (Å²) in [6, 6.07) is 0.593. The van der Waals surface area contributed by atoms with Crippen molar-refractivity contribution < 1.29 is 19.8 Å². The minimum Gasteiger partial charge on any atom is -0.480 e. The number of nitrogens with zero attached hydrogens (tertiary/aromatic N) is 2. The van der Waals surface area contributed by atoms with Gasteiger partial charge in [-0.15, -0.1) is 11.3 Å². The lowest BCUT2D eigenvalue weighted by Gasteiger charge is -2.27. The number of hydrogen-bond acceptors (Lipinski definition) is 4. The predicted molar refractivity (Wildman–Crippen MR) is 77.6 cm³/mol. The highest BCUT2D eigenvalue weighted by Gasteiger charge is 2.40. The molecule has 1 aromatic heterocycles. The average molecular weight is 363 g/mol. The molecule has 0 saturated carbocycles. The number of halogens is 1. The molecule has 1 fully saturated rings. The van der Waals surface area contributed by atoms with E-state index in [1.54, 1.807) is 7.05 Å². The molecule has 8 heteroatoms. The van der Waals surface area contributed by atoms with E-state index < -0.39 is 18.1 Å². The molecule has 0 aromatic carbocycles. The van der Waals surface area contributed by atoms with Gasteiger partial charge in [0, 0.05) is 34.7 Å². The minimum absolute atomic E-state index is 0.0638. The van der Waals surface area contributed by atoms with Crippen molar-refractivity contribution in [1.82, 2.24) is 9.80 Å². The maximum absolute atomic E-state index is 12.3. The van der Waals surface area contributed by atoms with Crippen LogP contribution >= 0.6 is 27.3 Å². The van der Waals surface area contributed by atoms with Gasteiger partial charge in [-0.1, -0.05) is 0 Å². The zero-order chi connectivity index (χ0) is 14.9. The molecule has 110 valence electrons. The van der Waals surface area contributed by atoms with Gasteiger partial charge in [-0.25, -0.2) is 9.59 Å². The van der Waals surface area contributed by atoms with E-state index in [4.69, 9.17) is 5.11 Å². The lowest BCUT2D eigenvalue weighted by atomic mass is 10.2. The van der Waals surface area contributed by atoms with Crippen LogP contribution < -0.4 is 0 Å². The van der Waals surface area contributed by atoms with E-state index in [2.05, 4.69) is 15.9 Å². The zero-order valence-corrected chi connectivity index (χ0v) is 13.2. The fraction of sp³-hybridized carbons (Fsp3) is 0.500. The Morgan fingerprint density at radius 1 is 1.60 bits per heavy atom. The van der Waals surface area contributed by atoms with E-state index >= 15 is 0 Å². The van der Waals surface area contributed by atoms with Crippen LogP contribution in [-0.4, -0.2) is 57.8 Å². The molecule has 2 atom stereocenters. The van der Waals surface area contributed by atoms with Crippen molar-refractivity contribution in [2.24, 2.45) is 0 Å². The van der Waals surface area contributed by atoms with E-state index in [9.17, 15) is 14.7 Å². The molecular weight excluding hydrogens is 348 g/mol. The molecule has 2 N–H and O–H groups in total. The van der Waals surface area contributed by atoms with Crippen LogP contribution in [0.2, 0.25) is 0 Å². The number of β-amino-alcohol motifs (C(OH)–C–C–N with tert-alkyl or cyclic N) is 1. The molecule has 0 spiro atoms. The molecule has 1 saturated heterocycles. The highest BCUT2D eigenvalue weighted by atomic mass is 79.9. The summed E-state index contributed by atoms with van der Waals surface area (Å²) in [5, 5.41) is 20.6. The van der Waals surface area contributed by atoms with Crippen LogP contribution in [0.1, 0.15) is 11.3 Å². The number of carboxylic acid groups (broad SMARTS) is 1. The van der Waals surface area contributed by atoms with Crippen LogP contribution in [-0.2, 0) is 11.3 Å². The van der Waals surface area contributed by atoms with Gasteiger partial charge in [0.2, 0.25) is 0 Å². The van der Waals surface area contributed by atoms with Crippen molar-refractivity contribution in [3.05, 3.63) is 20.8 Å². The summed E-state index contributed by atoms with van der Waals surface area (Å²) in [4.78, 5) is 27.1. The average Bonchev–Trinajstić information content (AvgIpc) is 2.94. The monoisotopic (exact) mass is 362 g/mol. The first-order chi connectivity index (χ1) is 9.38. The highest BCUT2D eigenvalue weighted by Crippen LogP contribution is 2.23. The van der Waals surface area contributed by atoms with Crippen LogP contribution in [0.5, 0.6) is 0 Å². The molecule has 0 bridgehead atoms. The number of carboxylic acids is 1. The summed E-state index contributed by atoms with van der Waals surface area (Å²) in [5.74, 6) is -1.08. The van der Waals surface area contributed by atoms with Crippen LogP contribution in [0, 0.1) is 0 Å². The number of hydrogen-bond donors (Lipinski definition) is 2. The van der Waals surface area contributed by atoms with Crippen LogP contribution in [0.4, 0.5) is 4.79 Å². The number of carbonyl (C=O) groups excluding carboxylic acids is 1. The first-order valence-corrected chi connectivity index (χ1v) is 7.71. The molecule has 0 aliphatic carbocycles. The second kappa shape index (κ2) is 6.11. The molecule has 2 rings (SSSR count). The maximum Gasteiger partial charge on any atom is 0.326 e. The maximum atomic E-state index is 12.3. The number of aliphatic hydroxyl groups excluding tert-OH is 1. The summed E-state index contributed by atoms with van der Waals surface area (Å²) in [6.07, 6.45) is -0.691. The summed E-state index contributed by atoms with van der Waals surface area (Å²) in [6.45, 7) is 0.475. The summed E-state index contributed by atoms with van der Waals surface area (Å²) >= 11 is 4.87. The molecule has 0 radical (unpaired) electrons. The van der Waals surface area contributed by atoms with Crippen LogP contribution in [0.3, 0.4) is 0 Å². The van der Waals surface area contributed by atoms with Gasteiger partial charge in [0.05, 0.1) is 12.6 Å². The number of rotatable bonds is 3. The normalized spacial score (nSPS) is 22.1. The third-order valence-electron chi connectivity index (χ3n) is 3.15. The van der Waals surface area contributed by atoms with Gasteiger partial charge in [-0.2, -0.15) is 0 Å². The van der Waals surface area contributed by atoms with E-state index in [-0.39, 0.29) is 19.0 Å². The number of aliphatic hydroxyl groups is 1. The van der Waals surface area contributed by atoms with Crippen molar-refractivity contribution in [2.75, 3.05) is 13.6 Å². The third-order valence-corrected chi connectivity index (χ3v) is 4.83. The Hall–Kier alpha value is -1.12. The molecule has 1 aliphatic rings. The lowest BCUT2D eigenvalue weighted by Crippen LogP contribution is -2.46. The van der Waals surface area contributed by atoms with Crippen LogP contribution in [0.25, 0.3) is 0 Å². The summed E-state index contributed by atoms with van der Waals surface area (Å²) in [7, 11) is 1.62. The fourth-order valence-electron chi connectivity index (χ4n) is 2.22. The van der Waals surface area contributed by atoms with Crippen molar-refractivity contribution in [1.29, 1.82) is 0 Å². The smallest absolute Gasteiger partial charge is 0.326 e. The molecule has 2 heterocycles. The Labute approximate surface area is 128 Å². The largest absolute Gasteiger partial charge is 0.480 e. The molecule has 1 aromatic rings. The number of amides is 2. The number of carbonyl (C=O) groups is 2. The van der Waals surface area contributed by atoms with Crippen molar-refractivity contribution in [3.8, 4) is 0 Å². The SMILES string of the molecule is CN(Cc1cc(Br)cs1)C(=O)N1C[C@@H](O)C[C@H]1C(=O)O. The number of thiophene rings is 1. The molecule has 6 nitrogen and oxygen atoms in total. The standard InChI is InChI=1S/C12H15BrN2O4S/c1-14(5-9-2-7(13)6-20-9)12(19)15-4-8(16)3-10(15)11(17)18/h2,6,8,10,16H,3-5H2,1H3,(H,17,18)/t8-,10-/m0/s1. The van der Waals surface area contributed by atoms with Crippen LogP contribution in [0.15, 0.2) is 15.9 Å². The Bertz CT molecular complexity index is 521. The Kier molecular flexibility index (Phi) is 4.66. The van der Waals surface area contributed by atoms with Gasteiger partial charge >= 0.3 is 12.0 Å². The van der Waals surface area contributed by atoms with Gasteiger partial charge < -0.3 is 20.0 Å². The van der Waals surface area contributed by atoms with E-state index in [0.717, 1.165) is 9.35 Å². The highest BCUT2D eigenvalue weighted by molar-refractivity contribution is 9.10. The zero-order valence-electron chi connectivity index (χ0n) is 10.8. The molecule has 2 amide bonds. The number of urea groups is 1. The van der Waals surface area contributed by atoms with E-state index in [0.29, 0.717) is 6.54 Å². The van der Waals surface area contributed by atoms with E-state index in [1.165, 1.54) is 21.1 Å². The van der Waals surface area contributed by atoms with Crippen molar-refractivity contribution in [3.63, 3.8) is 0 Å². The predicted octanol–water partition coefficient (Wildman–Crippen LogP) is 1.58. The first kappa shape index (κ1) is 15.3. The minimum atomic E-state index is -1.08. The second-order valence-electron chi connectivity index (χ2n) is 4.77. The Morgan fingerprint density at radius 3 is 2.85 bits per heavy atom. The van der Waals surface area contributed by atoms with E-state index in [1.807, 2.05) is 11.4 Å².